The van der Waals surface area contributed by atoms with E-state index < -0.39 is 17.9 Å². The molecule has 0 bridgehead atoms. The predicted octanol–water partition coefficient (Wildman–Crippen LogP) is 5.00. The fraction of sp³-hybridized carbons (Fsp3) is 0.143. The highest BCUT2D eigenvalue weighted by atomic mass is 19.4. The lowest BCUT2D eigenvalue weighted by molar-refractivity contribution is -0.275. The van der Waals surface area contributed by atoms with Crippen molar-refractivity contribution in [3.63, 3.8) is 0 Å². The number of nitrogens with one attached hydrogen (secondary N) is 1. The minimum Gasteiger partial charge on any atom is -0.504 e. The topological polar surface area (TPSA) is 66.7 Å². The number of aliphatic imine (C=N–C) groups is 1. The Morgan fingerprint density at radius 2 is 1.90 bits per heavy atom. The molecule has 3 aromatic rings. The Kier molecular flexibility index (Phi) is 3.77. The van der Waals surface area contributed by atoms with E-state index in [0.29, 0.717) is 17.8 Å². The smallest absolute Gasteiger partial charge is 0.504 e. The number of phenolic OH excluding ortho intramolecular Hbond substituents is 1. The van der Waals surface area contributed by atoms with Crippen LogP contribution in [-0.4, -0.2) is 28.7 Å². The van der Waals surface area contributed by atoms with Crippen LogP contribution in [0.15, 0.2) is 59.7 Å². The first-order valence-corrected chi connectivity index (χ1v) is 8.90. The van der Waals surface area contributed by atoms with Crippen molar-refractivity contribution in [2.75, 3.05) is 11.9 Å². The minimum atomic E-state index is -4.91. The van der Waals surface area contributed by atoms with Crippen LogP contribution in [0.5, 0.6) is 11.5 Å². The molecular formula is C21H14F3N3O2. The maximum absolute atomic E-state index is 12.7. The van der Waals surface area contributed by atoms with Gasteiger partial charge in [-0.3, -0.25) is 4.99 Å². The SMILES string of the molecule is Oc1ccc(C2=Nc3ccccc3-c3ccnc4c3C2CN4)cc1OC(F)(F)F. The maximum atomic E-state index is 12.7. The Morgan fingerprint density at radius 1 is 1.07 bits per heavy atom. The van der Waals surface area contributed by atoms with Gasteiger partial charge in [-0.25, -0.2) is 4.98 Å². The predicted molar refractivity (Wildman–Crippen MR) is 102 cm³/mol. The summed E-state index contributed by atoms with van der Waals surface area (Å²) in [7, 11) is 0. The molecule has 29 heavy (non-hydrogen) atoms. The van der Waals surface area contributed by atoms with Crippen molar-refractivity contribution in [1.29, 1.82) is 0 Å². The van der Waals surface area contributed by atoms with Crippen molar-refractivity contribution in [1.82, 2.24) is 4.98 Å². The fourth-order valence-corrected chi connectivity index (χ4v) is 3.89. The van der Waals surface area contributed by atoms with Crippen molar-refractivity contribution in [3.8, 4) is 22.6 Å². The largest absolute Gasteiger partial charge is 0.573 e. The highest BCUT2D eigenvalue weighted by Gasteiger charge is 2.36. The fourth-order valence-electron chi connectivity index (χ4n) is 3.89. The van der Waals surface area contributed by atoms with E-state index in [1.807, 2.05) is 30.3 Å². The van der Waals surface area contributed by atoms with Crippen molar-refractivity contribution in [3.05, 3.63) is 65.9 Å². The molecule has 146 valence electrons. The van der Waals surface area contributed by atoms with Crippen LogP contribution in [0, 0.1) is 0 Å². The van der Waals surface area contributed by atoms with Crippen LogP contribution in [0.25, 0.3) is 11.1 Å². The summed E-state index contributed by atoms with van der Waals surface area (Å²) >= 11 is 0. The van der Waals surface area contributed by atoms with E-state index in [4.69, 9.17) is 4.99 Å². The van der Waals surface area contributed by atoms with Gasteiger partial charge in [0, 0.05) is 35.3 Å². The highest BCUT2D eigenvalue weighted by Crippen LogP contribution is 2.46. The summed E-state index contributed by atoms with van der Waals surface area (Å²) in [5.74, 6) is -0.715. The molecule has 1 unspecified atom stereocenters. The van der Waals surface area contributed by atoms with Gasteiger partial charge >= 0.3 is 6.36 Å². The summed E-state index contributed by atoms with van der Waals surface area (Å²) < 4.78 is 42.2. The lowest BCUT2D eigenvalue weighted by atomic mass is 9.88. The minimum absolute atomic E-state index is 0.204. The Morgan fingerprint density at radius 3 is 2.72 bits per heavy atom. The third kappa shape index (κ3) is 2.97. The van der Waals surface area contributed by atoms with E-state index in [1.165, 1.54) is 12.1 Å². The lowest BCUT2D eigenvalue weighted by Crippen LogP contribution is -2.19. The van der Waals surface area contributed by atoms with Gasteiger partial charge in [-0.2, -0.15) is 0 Å². The number of benzene rings is 2. The second-order valence-corrected chi connectivity index (χ2v) is 6.80. The van der Waals surface area contributed by atoms with Crippen LogP contribution in [0.4, 0.5) is 24.7 Å². The van der Waals surface area contributed by atoms with Gasteiger partial charge in [0.05, 0.1) is 11.4 Å². The number of ether oxygens (including phenoxy) is 1. The van der Waals surface area contributed by atoms with E-state index in [2.05, 4.69) is 15.0 Å². The molecule has 0 radical (unpaired) electrons. The molecule has 2 aliphatic heterocycles. The average Bonchev–Trinajstić information content (AvgIpc) is 3.05. The van der Waals surface area contributed by atoms with E-state index in [1.54, 1.807) is 12.3 Å². The van der Waals surface area contributed by atoms with Crippen molar-refractivity contribution in [2.45, 2.75) is 12.3 Å². The van der Waals surface area contributed by atoms with Crippen LogP contribution < -0.4 is 10.1 Å². The molecule has 0 saturated carbocycles. The molecule has 5 nitrogen and oxygen atoms in total. The third-order valence-corrected chi connectivity index (χ3v) is 5.06. The average molecular weight is 397 g/mol. The number of hydrogen-bond donors (Lipinski definition) is 2. The van der Waals surface area contributed by atoms with E-state index in [0.717, 1.165) is 28.2 Å². The summed E-state index contributed by atoms with van der Waals surface area (Å²) in [6.07, 6.45) is -3.19. The van der Waals surface area contributed by atoms with Gasteiger partial charge in [0.1, 0.15) is 5.82 Å². The van der Waals surface area contributed by atoms with Gasteiger partial charge in [0.25, 0.3) is 0 Å². The molecule has 3 heterocycles. The molecule has 1 aromatic heterocycles. The highest BCUT2D eigenvalue weighted by molar-refractivity contribution is 6.11. The van der Waals surface area contributed by atoms with Gasteiger partial charge in [-0.1, -0.05) is 18.2 Å². The monoisotopic (exact) mass is 397 g/mol. The molecule has 5 rings (SSSR count). The van der Waals surface area contributed by atoms with Gasteiger partial charge in [-0.15, -0.1) is 13.2 Å². The summed E-state index contributed by atoms with van der Waals surface area (Å²) in [5.41, 5.74) is 4.63. The molecular weight excluding hydrogens is 383 g/mol. The van der Waals surface area contributed by atoms with E-state index >= 15 is 0 Å². The van der Waals surface area contributed by atoms with Crippen LogP contribution in [0.1, 0.15) is 17.0 Å². The zero-order valence-corrected chi connectivity index (χ0v) is 14.9. The number of nitrogens with zero attached hydrogens (tertiary/aromatic N) is 2. The van der Waals surface area contributed by atoms with Gasteiger partial charge < -0.3 is 15.2 Å². The summed E-state index contributed by atoms with van der Waals surface area (Å²) in [6, 6.07) is 13.4. The quantitative estimate of drug-likeness (QED) is 0.639. The van der Waals surface area contributed by atoms with Crippen LogP contribution in [-0.2, 0) is 0 Å². The number of fused-ring (bicyclic) bond motifs is 2. The molecule has 0 aliphatic carbocycles. The molecule has 2 N–H and O–H groups in total. The number of pyridine rings is 1. The molecule has 0 fully saturated rings. The second-order valence-electron chi connectivity index (χ2n) is 6.80. The number of aromatic hydroxyl groups is 1. The van der Waals surface area contributed by atoms with E-state index in [-0.39, 0.29) is 5.92 Å². The van der Waals surface area contributed by atoms with Crippen molar-refractivity contribution >= 4 is 17.2 Å². The number of phenols is 1. The number of aromatic nitrogens is 1. The molecule has 8 heteroatoms. The number of para-hydroxylation sites is 1. The standard InChI is InChI=1S/C21H14F3N3O2/c22-21(23,24)29-17-9-11(5-6-16(17)28)19-14-10-26-20-18(14)13(7-8-25-20)12-3-1-2-4-15(12)27-19/h1-9,14,28H,10H2,(H,25,26). The third-order valence-electron chi connectivity index (χ3n) is 5.06. The first-order valence-electron chi connectivity index (χ1n) is 8.90. The Balaban J connectivity index is 1.71. The number of anilines is 1. The van der Waals surface area contributed by atoms with E-state index in [9.17, 15) is 18.3 Å². The van der Waals surface area contributed by atoms with Crippen molar-refractivity contribution < 1.29 is 23.0 Å². The van der Waals surface area contributed by atoms with Crippen LogP contribution in [0.2, 0.25) is 0 Å². The van der Waals surface area contributed by atoms with Crippen LogP contribution in [0.3, 0.4) is 0 Å². The second kappa shape index (κ2) is 6.23. The van der Waals surface area contributed by atoms with Crippen LogP contribution >= 0.6 is 0 Å². The summed E-state index contributed by atoms with van der Waals surface area (Å²) in [6.45, 7) is 0.516. The molecule has 0 amide bonds. The zero-order valence-electron chi connectivity index (χ0n) is 14.9. The molecule has 0 spiro atoms. The molecule has 1 atom stereocenters. The first kappa shape index (κ1) is 17.5. The maximum Gasteiger partial charge on any atom is 0.573 e. The normalized spacial score (nSPS) is 16.9. The number of halogens is 3. The molecule has 2 aliphatic rings. The number of rotatable bonds is 2. The summed E-state index contributed by atoms with van der Waals surface area (Å²) in [4.78, 5) is 9.20. The lowest BCUT2D eigenvalue weighted by Gasteiger charge is -2.16. The first-order chi connectivity index (χ1) is 13.9. The molecule has 0 saturated heterocycles. The Bertz CT molecular complexity index is 1160. The number of alkyl halides is 3. The van der Waals surface area contributed by atoms with Gasteiger partial charge in [0.2, 0.25) is 0 Å². The number of hydrogen-bond acceptors (Lipinski definition) is 5. The molecule has 2 aromatic carbocycles. The summed E-state index contributed by atoms with van der Waals surface area (Å²) in [5, 5.41) is 13.1. The van der Waals surface area contributed by atoms with Crippen molar-refractivity contribution in [2.24, 2.45) is 4.99 Å². The van der Waals surface area contributed by atoms with Gasteiger partial charge in [0.15, 0.2) is 11.5 Å². The van der Waals surface area contributed by atoms with Gasteiger partial charge in [-0.05, 0) is 35.9 Å². The zero-order chi connectivity index (χ0) is 20.2. The Labute approximate surface area is 163 Å². The Hall–Kier alpha value is -3.55.